The molecule has 9 heteroatoms. The van der Waals surface area contributed by atoms with Crippen molar-refractivity contribution in [3.63, 3.8) is 0 Å². The molecule has 0 spiro atoms. The Kier molecular flexibility index (Phi) is 3.50. The molecule has 2 rings (SSSR count). The lowest BCUT2D eigenvalue weighted by Crippen LogP contribution is -2.31. The maximum atomic E-state index is 12.8. The highest BCUT2D eigenvalue weighted by Gasteiger charge is 2.43. The van der Waals surface area contributed by atoms with Crippen molar-refractivity contribution >= 4 is 0 Å². The molecule has 0 amide bonds. The van der Waals surface area contributed by atoms with E-state index in [4.69, 9.17) is 0 Å². The van der Waals surface area contributed by atoms with Crippen LogP contribution in [0.1, 0.15) is 30.3 Å². The van der Waals surface area contributed by atoms with Gasteiger partial charge in [-0.15, -0.1) is 0 Å². The van der Waals surface area contributed by atoms with Crippen LogP contribution in [-0.4, -0.2) is 22.9 Å². The zero-order chi connectivity index (χ0) is 14.3. The van der Waals surface area contributed by atoms with Crippen molar-refractivity contribution in [2.75, 3.05) is 13.1 Å². The molecule has 1 saturated heterocycles. The van der Waals surface area contributed by atoms with Gasteiger partial charge in [0.1, 0.15) is 5.69 Å². The Balaban J connectivity index is 2.42. The van der Waals surface area contributed by atoms with Crippen LogP contribution in [0, 0.1) is 0 Å². The summed E-state index contributed by atoms with van der Waals surface area (Å²) in [4.78, 5) is 0. The van der Waals surface area contributed by atoms with Gasteiger partial charge < -0.3 is 5.32 Å². The smallest absolute Gasteiger partial charge is 0.317 e. The summed E-state index contributed by atoms with van der Waals surface area (Å²) in [6, 6.07) is -0.587. The lowest BCUT2D eigenvalue weighted by Gasteiger charge is -2.25. The maximum Gasteiger partial charge on any atom is 0.435 e. The summed E-state index contributed by atoms with van der Waals surface area (Å²) in [6.07, 6.45) is -9.08. The monoisotopic (exact) mass is 287 g/mol. The summed E-state index contributed by atoms with van der Waals surface area (Å²) >= 11 is 0. The van der Waals surface area contributed by atoms with Crippen LogP contribution in [0.15, 0.2) is 6.07 Å². The zero-order valence-corrected chi connectivity index (χ0v) is 9.65. The summed E-state index contributed by atoms with van der Waals surface area (Å²) in [5, 5.41) is 6.05. The lowest BCUT2D eigenvalue weighted by molar-refractivity contribution is -0.145. The van der Waals surface area contributed by atoms with Crippen molar-refractivity contribution in [1.82, 2.24) is 15.1 Å². The summed E-state index contributed by atoms with van der Waals surface area (Å²) < 4.78 is 76.2. The average molecular weight is 287 g/mol. The van der Waals surface area contributed by atoms with Crippen LogP contribution in [0.2, 0.25) is 0 Å². The zero-order valence-electron chi connectivity index (χ0n) is 9.65. The van der Waals surface area contributed by atoms with E-state index < -0.39 is 29.8 Å². The topological polar surface area (TPSA) is 29.9 Å². The fraction of sp³-hybridized carbons (Fsp3) is 0.700. The van der Waals surface area contributed by atoms with Gasteiger partial charge in [0.2, 0.25) is 0 Å². The fourth-order valence-corrected chi connectivity index (χ4v) is 2.07. The third kappa shape index (κ3) is 3.02. The van der Waals surface area contributed by atoms with Crippen molar-refractivity contribution in [1.29, 1.82) is 0 Å². The molecule has 0 atom stereocenters. The quantitative estimate of drug-likeness (QED) is 0.805. The second-order valence-corrected chi connectivity index (χ2v) is 4.34. The number of hydrogen-bond acceptors (Lipinski definition) is 2. The van der Waals surface area contributed by atoms with E-state index in [0.29, 0.717) is 30.6 Å². The average Bonchev–Trinajstić information content (AvgIpc) is 2.74. The van der Waals surface area contributed by atoms with E-state index in [9.17, 15) is 26.3 Å². The van der Waals surface area contributed by atoms with E-state index in [2.05, 4.69) is 10.4 Å². The minimum Gasteiger partial charge on any atom is -0.317 e. The molecule has 0 unspecified atom stereocenters. The molecule has 108 valence electrons. The molecule has 0 aromatic carbocycles. The molecule has 1 fully saturated rings. The van der Waals surface area contributed by atoms with Gasteiger partial charge in [0, 0.05) is 6.07 Å². The number of alkyl halides is 6. The second kappa shape index (κ2) is 4.69. The third-order valence-corrected chi connectivity index (χ3v) is 2.97. The number of hydrogen-bond donors (Lipinski definition) is 1. The van der Waals surface area contributed by atoms with Gasteiger partial charge in [-0.25, -0.2) is 0 Å². The predicted molar refractivity (Wildman–Crippen MR) is 53.4 cm³/mol. The standard InChI is InChI=1S/C10H11F6N3/c11-9(12,13)7-5-8(10(14,15)16)19(18-7)6-1-3-17-4-2-6/h5-6,17H,1-4H2. The van der Waals surface area contributed by atoms with Crippen LogP contribution in [-0.2, 0) is 12.4 Å². The molecule has 0 radical (unpaired) electrons. The summed E-state index contributed by atoms with van der Waals surface area (Å²) in [5.74, 6) is 0. The molecule has 1 N–H and O–H groups in total. The highest BCUT2D eigenvalue weighted by atomic mass is 19.4. The molecular weight excluding hydrogens is 276 g/mol. The highest BCUT2D eigenvalue weighted by Crippen LogP contribution is 2.37. The molecule has 1 aromatic heterocycles. The fourth-order valence-electron chi connectivity index (χ4n) is 2.07. The van der Waals surface area contributed by atoms with Gasteiger partial charge in [-0.05, 0) is 25.9 Å². The first-order valence-corrected chi connectivity index (χ1v) is 5.64. The largest absolute Gasteiger partial charge is 0.435 e. The van der Waals surface area contributed by atoms with E-state index in [-0.39, 0.29) is 6.07 Å². The molecule has 1 aliphatic rings. The van der Waals surface area contributed by atoms with E-state index in [1.165, 1.54) is 0 Å². The molecule has 19 heavy (non-hydrogen) atoms. The molecule has 1 aromatic rings. The van der Waals surface area contributed by atoms with E-state index >= 15 is 0 Å². The number of nitrogens with zero attached hydrogens (tertiary/aromatic N) is 2. The van der Waals surface area contributed by atoms with Gasteiger partial charge in [-0.2, -0.15) is 31.4 Å². The molecule has 0 saturated carbocycles. The highest BCUT2D eigenvalue weighted by molar-refractivity contribution is 5.17. The van der Waals surface area contributed by atoms with Crippen LogP contribution in [0.5, 0.6) is 0 Å². The number of aromatic nitrogens is 2. The summed E-state index contributed by atoms with van der Waals surface area (Å²) in [5.41, 5.74) is -2.84. The molecule has 0 aliphatic carbocycles. The Bertz CT molecular complexity index is 441. The van der Waals surface area contributed by atoms with Crippen molar-refractivity contribution in [3.05, 3.63) is 17.5 Å². The second-order valence-electron chi connectivity index (χ2n) is 4.34. The van der Waals surface area contributed by atoms with Crippen LogP contribution in [0.4, 0.5) is 26.3 Å². The van der Waals surface area contributed by atoms with Crippen LogP contribution >= 0.6 is 0 Å². The van der Waals surface area contributed by atoms with Crippen LogP contribution < -0.4 is 5.32 Å². The van der Waals surface area contributed by atoms with Gasteiger partial charge in [-0.1, -0.05) is 0 Å². The SMILES string of the molecule is FC(F)(F)c1cc(C(F)(F)F)n(C2CCNCC2)n1. The first-order chi connectivity index (χ1) is 8.69. The summed E-state index contributed by atoms with van der Waals surface area (Å²) in [6.45, 7) is 0.923. The normalized spacial score (nSPS) is 18.8. The van der Waals surface area contributed by atoms with E-state index in [0.717, 1.165) is 0 Å². The third-order valence-electron chi connectivity index (χ3n) is 2.97. The van der Waals surface area contributed by atoms with Crippen molar-refractivity contribution in [3.8, 4) is 0 Å². The Hall–Kier alpha value is -1.25. The Morgan fingerprint density at radius 1 is 1.05 bits per heavy atom. The van der Waals surface area contributed by atoms with Crippen LogP contribution in [0.25, 0.3) is 0 Å². The maximum absolute atomic E-state index is 12.8. The van der Waals surface area contributed by atoms with Gasteiger partial charge in [0.05, 0.1) is 6.04 Å². The molecule has 3 nitrogen and oxygen atoms in total. The minimum atomic E-state index is -4.88. The molecule has 1 aliphatic heterocycles. The molecule has 0 bridgehead atoms. The number of halogens is 6. The Morgan fingerprint density at radius 2 is 1.63 bits per heavy atom. The number of piperidine rings is 1. The van der Waals surface area contributed by atoms with Crippen molar-refractivity contribution < 1.29 is 26.3 Å². The molecule has 2 heterocycles. The van der Waals surface area contributed by atoms with Crippen molar-refractivity contribution in [2.45, 2.75) is 31.2 Å². The van der Waals surface area contributed by atoms with Gasteiger partial charge in [0.25, 0.3) is 0 Å². The van der Waals surface area contributed by atoms with Crippen LogP contribution in [0.3, 0.4) is 0 Å². The van der Waals surface area contributed by atoms with Crippen molar-refractivity contribution in [2.24, 2.45) is 0 Å². The van der Waals surface area contributed by atoms with Gasteiger partial charge >= 0.3 is 12.4 Å². The summed E-state index contributed by atoms with van der Waals surface area (Å²) in [7, 11) is 0. The van der Waals surface area contributed by atoms with Gasteiger partial charge in [0.15, 0.2) is 5.69 Å². The first-order valence-electron chi connectivity index (χ1n) is 5.64. The number of nitrogens with one attached hydrogen (secondary N) is 1. The van der Waals surface area contributed by atoms with E-state index in [1.54, 1.807) is 0 Å². The molecular formula is C10H11F6N3. The minimum absolute atomic E-state index is 0.0715. The first kappa shape index (κ1) is 14.2. The Labute approximate surface area is 104 Å². The Morgan fingerprint density at radius 3 is 2.11 bits per heavy atom. The predicted octanol–water partition coefficient (Wildman–Crippen LogP) is 2.85. The van der Waals surface area contributed by atoms with Gasteiger partial charge in [-0.3, -0.25) is 4.68 Å². The lowest BCUT2D eigenvalue weighted by atomic mass is 10.1. The number of rotatable bonds is 1. The van der Waals surface area contributed by atoms with E-state index in [1.807, 2.05) is 0 Å².